The number of aromatic nitrogens is 2. The number of nitrogens with one attached hydrogen (secondary N) is 4. The van der Waals surface area contributed by atoms with Crippen LogP contribution in [-0.2, 0) is 14.8 Å². The predicted molar refractivity (Wildman–Crippen MR) is 112 cm³/mol. The van der Waals surface area contributed by atoms with Gasteiger partial charge in [0.05, 0.1) is 17.6 Å². The third-order valence-corrected chi connectivity index (χ3v) is 5.24. The first kappa shape index (κ1) is 21.9. The number of ether oxygens (including phenoxy) is 1. The number of rotatable bonds is 7. The number of nitrogens with zero attached hydrogens (tertiary/aromatic N) is 1. The molecule has 1 amide bonds. The molecule has 0 unspecified atom stereocenters. The van der Waals surface area contributed by atoms with Crippen molar-refractivity contribution in [1.82, 2.24) is 15.5 Å². The predicted octanol–water partition coefficient (Wildman–Crippen LogP) is 3.43. The minimum atomic E-state index is -3.48. The standard InChI is InChI=1S/C19H26FN5O4S/c1-11(2)21-19(26)29-14-6-4-12(8-14)17-10-18(24-23-17)22-16-7-5-13(9-15(16)20)25-30(3,27)28/h5,7,9-12,14,25H,4,6,8H2,1-3H3,(H,21,26)(H2,22,23,24)/t12-,14+/m0/s1. The molecule has 1 aromatic carbocycles. The number of anilines is 3. The van der Waals surface area contributed by atoms with Gasteiger partial charge in [0.25, 0.3) is 0 Å². The molecule has 1 aliphatic carbocycles. The largest absolute Gasteiger partial charge is 0.446 e. The Balaban J connectivity index is 1.59. The second-order valence-corrected chi connectivity index (χ2v) is 9.49. The molecule has 0 aliphatic heterocycles. The molecular formula is C19H26FN5O4S. The van der Waals surface area contributed by atoms with E-state index in [0.717, 1.165) is 30.9 Å². The monoisotopic (exact) mass is 439 g/mol. The minimum Gasteiger partial charge on any atom is -0.446 e. The Kier molecular flexibility index (Phi) is 6.49. The van der Waals surface area contributed by atoms with Gasteiger partial charge in [-0.1, -0.05) is 0 Å². The summed E-state index contributed by atoms with van der Waals surface area (Å²) in [6, 6.07) is 5.81. The van der Waals surface area contributed by atoms with E-state index in [1.165, 1.54) is 12.1 Å². The quantitative estimate of drug-likeness (QED) is 0.524. The van der Waals surface area contributed by atoms with E-state index in [2.05, 4.69) is 25.6 Å². The highest BCUT2D eigenvalue weighted by Gasteiger charge is 2.30. The SMILES string of the molecule is CC(C)NC(=O)O[C@@H]1CC[C@H](c2cc(Nc3ccc(NS(C)(=O)=O)cc3F)n[nH]2)C1. The van der Waals surface area contributed by atoms with Crippen LogP contribution in [0.15, 0.2) is 24.3 Å². The van der Waals surface area contributed by atoms with E-state index in [1.807, 2.05) is 13.8 Å². The van der Waals surface area contributed by atoms with Crippen LogP contribution in [0.5, 0.6) is 0 Å². The first-order chi connectivity index (χ1) is 14.1. The molecule has 1 heterocycles. The molecule has 0 radical (unpaired) electrons. The van der Waals surface area contributed by atoms with Crippen molar-refractivity contribution in [3.05, 3.63) is 35.8 Å². The molecule has 30 heavy (non-hydrogen) atoms. The Morgan fingerprint density at radius 2 is 2.07 bits per heavy atom. The maximum atomic E-state index is 14.3. The zero-order valence-corrected chi connectivity index (χ0v) is 17.8. The van der Waals surface area contributed by atoms with Crippen molar-refractivity contribution in [3.8, 4) is 0 Å². The van der Waals surface area contributed by atoms with E-state index in [1.54, 1.807) is 6.07 Å². The number of sulfonamides is 1. The lowest BCUT2D eigenvalue weighted by Gasteiger charge is -2.14. The summed E-state index contributed by atoms with van der Waals surface area (Å²) in [6.07, 6.45) is 2.74. The summed E-state index contributed by atoms with van der Waals surface area (Å²) in [5.74, 6) is -0.00980. The van der Waals surface area contributed by atoms with Gasteiger partial charge in [0, 0.05) is 29.8 Å². The van der Waals surface area contributed by atoms with Gasteiger partial charge in [0.15, 0.2) is 5.82 Å². The van der Waals surface area contributed by atoms with Gasteiger partial charge in [-0.05, 0) is 45.2 Å². The molecule has 1 saturated carbocycles. The molecule has 9 nitrogen and oxygen atoms in total. The van der Waals surface area contributed by atoms with Crippen molar-refractivity contribution in [2.75, 3.05) is 16.3 Å². The van der Waals surface area contributed by atoms with Gasteiger partial charge in [0.2, 0.25) is 10.0 Å². The summed E-state index contributed by atoms with van der Waals surface area (Å²) in [5, 5.41) is 12.7. The fourth-order valence-corrected chi connectivity index (χ4v) is 3.95. The molecule has 0 spiro atoms. The molecule has 164 valence electrons. The number of carbonyl (C=O) groups is 1. The number of H-pyrrole nitrogens is 1. The number of carbonyl (C=O) groups excluding carboxylic acids is 1. The van der Waals surface area contributed by atoms with Crippen LogP contribution in [0.2, 0.25) is 0 Å². The Bertz CT molecular complexity index is 1010. The summed E-state index contributed by atoms with van der Waals surface area (Å²) in [7, 11) is -3.48. The van der Waals surface area contributed by atoms with Crippen LogP contribution in [0.3, 0.4) is 0 Å². The summed E-state index contributed by atoms with van der Waals surface area (Å²) < 4.78 is 44.5. The molecule has 4 N–H and O–H groups in total. The molecule has 3 rings (SSSR count). The number of amides is 1. The molecule has 1 fully saturated rings. The zero-order valence-electron chi connectivity index (χ0n) is 17.0. The second-order valence-electron chi connectivity index (χ2n) is 7.74. The van der Waals surface area contributed by atoms with E-state index in [0.29, 0.717) is 12.2 Å². The lowest BCUT2D eigenvalue weighted by molar-refractivity contribution is 0.0981. The van der Waals surface area contributed by atoms with Crippen LogP contribution in [0, 0.1) is 5.82 Å². The summed E-state index contributed by atoms with van der Waals surface area (Å²) in [4.78, 5) is 11.8. The summed E-state index contributed by atoms with van der Waals surface area (Å²) in [5.41, 5.74) is 1.19. The Hall–Kier alpha value is -2.82. The van der Waals surface area contributed by atoms with E-state index in [-0.39, 0.29) is 29.4 Å². The molecule has 2 aromatic rings. The molecule has 11 heteroatoms. The molecular weight excluding hydrogens is 413 g/mol. The highest BCUT2D eigenvalue weighted by atomic mass is 32.2. The minimum absolute atomic E-state index is 0.0209. The first-order valence-corrected chi connectivity index (χ1v) is 11.5. The average Bonchev–Trinajstić information content (AvgIpc) is 3.24. The van der Waals surface area contributed by atoms with Gasteiger partial charge in [-0.15, -0.1) is 0 Å². The molecule has 1 aromatic heterocycles. The first-order valence-electron chi connectivity index (χ1n) is 9.66. The number of halogens is 1. The van der Waals surface area contributed by atoms with Gasteiger partial charge < -0.3 is 15.4 Å². The lowest BCUT2D eigenvalue weighted by atomic mass is 10.0. The van der Waals surface area contributed by atoms with Gasteiger partial charge >= 0.3 is 6.09 Å². The van der Waals surface area contributed by atoms with Crippen LogP contribution < -0.4 is 15.4 Å². The van der Waals surface area contributed by atoms with Gasteiger partial charge in [0.1, 0.15) is 11.9 Å². The van der Waals surface area contributed by atoms with Crippen molar-refractivity contribution in [2.45, 2.75) is 51.2 Å². The highest BCUT2D eigenvalue weighted by Crippen LogP contribution is 2.36. The zero-order chi connectivity index (χ0) is 21.9. The number of benzene rings is 1. The summed E-state index contributed by atoms with van der Waals surface area (Å²) in [6.45, 7) is 3.74. The lowest BCUT2D eigenvalue weighted by Crippen LogP contribution is -2.33. The Morgan fingerprint density at radius 1 is 1.30 bits per heavy atom. The van der Waals surface area contributed by atoms with Crippen molar-refractivity contribution >= 4 is 33.3 Å². The second kappa shape index (κ2) is 8.90. The van der Waals surface area contributed by atoms with Gasteiger partial charge in [-0.25, -0.2) is 17.6 Å². The van der Waals surface area contributed by atoms with E-state index >= 15 is 0 Å². The van der Waals surface area contributed by atoms with Crippen LogP contribution in [0.4, 0.5) is 26.4 Å². The average molecular weight is 440 g/mol. The summed E-state index contributed by atoms with van der Waals surface area (Å²) >= 11 is 0. The number of hydrogen-bond acceptors (Lipinski definition) is 6. The fourth-order valence-electron chi connectivity index (χ4n) is 3.39. The van der Waals surface area contributed by atoms with Crippen LogP contribution >= 0.6 is 0 Å². The van der Waals surface area contributed by atoms with Crippen LogP contribution in [0.1, 0.15) is 44.7 Å². The Morgan fingerprint density at radius 3 is 2.73 bits per heavy atom. The van der Waals surface area contributed by atoms with Crippen LogP contribution in [0.25, 0.3) is 0 Å². The van der Waals surface area contributed by atoms with Crippen molar-refractivity contribution in [2.24, 2.45) is 0 Å². The van der Waals surface area contributed by atoms with E-state index in [4.69, 9.17) is 4.74 Å². The highest BCUT2D eigenvalue weighted by molar-refractivity contribution is 7.92. The fraction of sp³-hybridized carbons (Fsp3) is 0.474. The Labute approximate surface area is 174 Å². The molecule has 1 aliphatic rings. The van der Waals surface area contributed by atoms with Gasteiger partial charge in [-0.3, -0.25) is 9.82 Å². The molecule has 0 bridgehead atoms. The number of alkyl carbamates (subject to hydrolysis) is 1. The topological polar surface area (TPSA) is 125 Å². The maximum absolute atomic E-state index is 14.3. The number of hydrogen-bond donors (Lipinski definition) is 4. The van der Waals surface area contributed by atoms with E-state index < -0.39 is 21.9 Å². The maximum Gasteiger partial charge on any atom is 0.407 e. The molecule has 2 atom stereocenters. The van der Waals surface area contributed by atoms with Crippen molar-refractivity contribution in [3.63, 3.8) is 0 Å². The van der Waals surface area contributed by atoms with Crippen molar-refractivity contribution in [1.29, 1.82) is 0 Å². The van der Waals surface area contributed by atoms with Crippen LogP contribution in [-0.4, -0.2) is 43.1 Å². The number of aromatic amines is 1. The van der Waals surface area contributed by atoms with Crippen molar-refractivity contribution < 1.29 is 22.3 Å². The third kappa shape index (κ3) is 6.09. The smallest absolute Gasteiger partial charge is 0.407 e. The normalized spacial score (nSPS) is 19.0. The van der Waals surface area contributed by atoms with E-state index in [9.17, 15) is 17.6 Å². The third-order valence-electron chi connectivity index (χ3n) is 4.64. The molecule has 0 saturated heterocycles. The van der Waals surface area contributed by atoms with Gasteiger partial charge in [-0.2, -0.15) is 5.10 Å².